The molecule has 1 aromatic heterocycles. The van der Waals surface area contributed by atoms with Gasteiger partial charge >= 0.3 is 0 Å². The van der Waals surface area contributed by atoms with Crippen molar-refractivity contribution in [2.75, 3.05) is 0 Å². The Labute approximate surface area is 267 Å². The van der Waals surface area contributed by atoms with E-state index in [1.165, 1.54) is 65.7 Å². The Morgan fingerprint density at radius 2 is 0.913 bits per heavy atom. The van der Waals surface area contributed by atoms with Crippen LogP contribution in [0.25, 0.3) is 87.6 Å². The number of furan rings is 1. The van der Waals surface area contributed by atoms with Gasteiger partial charge in [-0.2, -0.15) is 0 Å². The molecule has 0 N–H and O–H groups in total. The molecule has 0 fully saturated rings. The Kier molecular flexibility index (Phi) is 5.12. The molecule has 0 saturated heterocycles. The second-order valence-corrected chi connectivity index (χ2v) is 13.3. The van der Waals surface area contributed by atoms with Crippen LogP contribution in [0.2, 0.25) is 0 Å². The molecular weight excluding hydrogens is 556 g/mol. The van der Waals surface area contributed by atoms with E-state index in [9.17, 15) is 0 Å². The second kappa shape index (κ2) is 9.19. The molecule has 0 saturated carbocycles. The van der Waals surface area contributed by atoms with E-state index < -0.39 is 0 Å². The Morgan fingerprint density at radius 1 is 0.370 bits per heavy atom. The molecule has 0 atom stereocenters. The fourth-order valence-corrected chi connectivity index (χ4v) is 8.24. The summed E-state index contributed by atoms with van der Waals surface area (Å²) in [4.78, 5) is 0. The highest BCUT2D eigenvalue weighted by atomic mass is 16.3. The summed E-state index contributed by atoms with van der Waals surface area (Å²) in [7, 11) is 0. The average molecular weight is 587 g/mol. The highest BCUT2D eigenvalue weighted by Gasteiger charge is 2.35. The zero-order valence-corrected chi connectivity index (χ0v) is 25.8. The van der Waals surface area contributed by atoms with E-state index in [1.807, 2.05) is 0 Å². The Hall–Kier alpha value is -5.66. The molecular formula is C45H30O. The Bertz CT molecular complexity index is 2690. The van der Waals surface area contributed by atoms with Crippen molar-refractivity contribution in [3.63, 3.8) is 0 Å². The van der Waals surface area contributed by atoms with Gasteiger partial charge in [0, 0.05) is 27.1 Å². The van der Waals surface area contributed by atoms with Crippen LogP contribution in [0, 0.1) is 0 Å². The average Bonchev–Trinajstić information content (AvgIpc) is 3.60. The number of benzene rings is 8. The summed E-state index contributed by atoms with van der Waals surface area (Å²) in [6.45, 7) is 4.67. The highest BCUT2D eigenvalue weighted by Crippen LogP contribution is 2.50. The first-order valence-electron chi connectivity index (χ1n) is 16.1. The third-order valence-electron chi connectivity index (χ3n) is 10.5. The molecule has 1 nitrogen and oxygen atoms in total. The third-order valence-corrected chi connectivity index (χ3v) is 10.5. The molecule has 0 spiro atoms. The van der Waals surface area contributed by atoms with E-state index in [1.54, 1.807) is 0 Å². The molecule has 9 aromatic rings. The lowest BCUT2D eigenvalue weighted by Gasteiger charge is -2.21. The molecule has 0 amide bonds. The molecule has 1 aliphatic carbocycles. The molecule has 8 aromatic carbocycles. The summed E-state index contributed by atoms with van der Waals surface area (Å²) in [6.07, 6.45) is 0. The maximum atomic E-state index is 6.98. The van der Waals surface area contributed by atoms with Gasteiger partial charge in [-0.25, -0.2) is 0 Å². The normalized spacial score (nSPS) is 13.6. The standard InChI is InChI=1S/C45H30O/c1-45(2)40-20-8-7-16-34(40)39-26-28(21-24-41(39)45)27-11-9-12-29(25-27)30-18-10-19-37-38-23-22-36-33-15-4-3-13-31(33)32-14-5-6-17-35(32)42(36)44(38)46-43(30)37/h3-26H,1-2H3. The van der Waals surface area contributed by atoms with E-state index in [4.69, 9.17) is 4.42 Å². The SMILES string of the molecule is CC1(C)c2ccccc2-c2cc(-c3cccc(-c4cccc5c4oc4c5ccc5c6ccccc6c6ccccc6c54)c3)ccc21. The fraction of sp³-hybridized carbons (Fsp3) is 0.0667. The molecule has 0 aliphatic heterocycles. The van der Waals surface area contributed by atoms with Gasteiger partial charge in [-0.1, -0.05) is 141 Å². The topological polar surface area (TPSA) is 13.1 Å². The van der Waals surface area contributed by atoms with Crippen LogP contribution in [0.5, 0.6) is 0 Å². The number of fused-ring (bicyclic) bond motifs is 13. The van der Waals surface area contributed by atoms with Crippen LogP contribution in [-0.2, 0) is 5.41 Å². The van der Waals surface area contributed by atoms with Crippen LogP contribution in [0.3, 0.4) is 0 Å². The van der Waals surface area contributed by atoms with Crippen LogP contribution >= 0.6 is 0 Å². The van der Waals surface area contributed by atoms with E-state index >= 15 is 0 Å². The zero-order chi connectivity index (χ0) is 30.6. The van der Waals surface area contributed by atoms with Crippen LogP contribution in [0.4, 0.5) is 0 Å². The maximum Gasteiger partial charge on any atom is 0.143 e. The molecule has 216 valence electrons. The van der Waals surface area contributed by atoms with Crippen molar-refractivity contribution in [3.8, 4) is 33.4 Å². The Morgan fingerprint density at radius 3 is 1.74 bits per heavy atom. The second-order valence-electron chi connectivity index (χ2n) is 13.3. The van der Waals surface area contributed by atoms with Gasteiger partial charge < -0.3 is 4.42 Å². The van der Waals surface area contributed by atoms with E-state index in [0.29, 0.717) is 0 Å². The third kappa shape index (κ3) is 3.40. The van der Waals surface area contributed by atoms with Gasteiger partial charge in [0.15, 0.2) is 0 Å². The monoisotopic (exact) mass is 586 g/mol. The van der Waals surface area contributed by atoms with Gasteiger partial charge in [-0.3, -0.25) is 0 Å². The smallest absolute Gasteiger partial charge is 0.143 e. The van der Waals surface area contributed by atoms with Gasteiger partial charge in [-0.15, -0.1) is 0 Å². The molecule has 46 heavy (non-hydrogen) atoms. The minimum Gasteiger partial charge on any atom is -0.455 e. The number of para-hydroxylation sites is 1. The van der Waals surface area contributed by atoms with E-state index in [2.05, 4.69) is 159 Å². The molecule has 1 aliphatic rings. The molecule has 1 heterocycles. The first-order chi connectivity index (χ1) is 22.6. The van der Waals surface area contributed by atoms with Crippen molar-refractivity contribution < 1.29 is 4.42 Å². The summed E-state index contributed by atoms with van der Waals surface area (Å²) >= 11 is 0. The summed E-state index contributed by atoms with van der Waals surface area (Å²) in [5.74, 6) is 0. The minimum absolute atomic E-state index is 0.00499. The lowest BCUT2D eigenvalue weighted by Crippen LogP contribution is -2.14. The maximum absolute atomic E-state index is 6.98. The van der Waals surface area contributed by atoms with Crippen LogP contribution in [0.15, 0.2) is 150 Å². The lowest BCUT2D eigenvalue weighted by molar-refractivity contribution is 0.660. The molecule has 1 heteroatoms. The summed E-state index contributed by atoms with van der Waals surface area (Å²) < 4.78 is 6.98. The van der Waals surface area contributed by atoms with Crippen molar-refractivity contribution in [2.45, 2.75) is 19.3 Å². The predicted molar refractivity (Wildman–Crippen MR) is 195 cm³/mol. The van der Waals surface area contributed by atoms with Crippen molar-refractivity contribution >= 4 is 54.3 Å². The zero-order valence-electron chi connectivity index (χ0n) is 25.8. The van der Waals surface area contributed by atoms with Crippen molar-refractivity contribution in [1.82, 2.24) is 0 Å². The predicted octanol–water partition coefficient (Wildman–Crippen LogP) is 12.7. The van der Waals surface area contributed by atoms with E-state index in [0.717, 1.165) is 33.1 Å². The van der Waals surface area contributed by atoms with Crippen LogP contribution in [-0.4, -0.2) is 0 Å². The Balaban J connectivity index is 1.18. The summed E-state index contributed by atoms with van der Waals surface area (Å²) in [5, 5.41) is 9.73. The molecule has 0 bridgehead atoms. The minimum atomic E-state index is 0.00499. The first kappa shape index (κ1) is 25.6. The van der Waals surface area contributed by atoms with Gasteiger partial charge in [0.1, 0.15) is 11.2 Å². The number of hydrogen-bond donors (Lipinski definition) is 0. The summed E-state index contributed by atoms with van der Waals surface area (Å²) in [6, 6.07) is 53.3. The van der Waals surface area contributed by atoms with Crippen LogP contribution in [0.1, 0.15) is 25.0 Å². The van der Waals surface area contributed by atoms with Crippen LogP contribution < -0.4 is 0 Å². The van der Waals surface area contributed by atoms with Crippen molar-refractivity contribution in [3.05, 3.63) is 157 Å². The molecule has 0 radical (unpaired) electrons. The van der Waals surface area contributed by atoms with Crippen molar-refractivity contribution in [2.24, 2.45) is 0 Å². The van der Waals surface area contributed by atoms with Gasteiger partial charge in [-0.05, 0) is 84.1 Å². The summed E-state index contributed by atoms with van der Waals surface area (Å²) in [5.41, 5.74) is 12.1. The fourth-order valence-electron chi connectivity index (χ4n) is 8.24. The molecule has 10 rings (SSSR count). The van der Waals surface area contributed by atoms with Gasteiger partial charge in [0.25, 0.3) is 0 Å². The van der Waals surface area contributed by atoms with Gasteiger partial charge in [0.2, 0.25) is 0 Å². The number of hydrogen-bond acceptors (Lipinski definition) is 1. The van der Waals surface area contributed by atoms with Crippen molar-refractivity contribution in [1.29, 1.82) is 0 Å². The largest absolute Gasteiger partial charge is 0.455 e. The van der Waals surface area contributed by atoms with E-state index in [-0.39, 0.29) is 5.41 Å². The lowest BCUT2D eigenvalue weighted by atomic mass is 9.82. The highest BCUT2D eigenvalue weighted by molar-refractivity contribution is 6.32. The van der Waals surface area contributed by atoms with Gasteiger partial charge in [0.05, 0.1) is 0 Å². The molecule has 0 unspecified atom stereocenters. The first-order valence-corrected chi connectivity index (χ1v) is 16.1. The quantitative estimate of drug-likeness (QED) is 0.184. The number of rotatable bonds is 2.